The van der Waals surface area contributed by atoms with Crippen LogP contribution in [-0.2, 0) is 4.74 Å². The quantitative estimate of drug-likeness (QED) is 0.612. The lowest BCUT2D eigenvalue weighted by Gasteiger charge is -2.26. The SMILES string of the molecule is O=C(OCC(CO)(CO)CO)c1ccc2c(c1)OCCO2. The first-order valence-corrected chi connectivity index (χ1v) is 6.53. The van der Waals surface area contributed by atoms with Crippen LogP contribution in [0.25, 0.3) is 0 Å². The molecule has 1 aromatic rings. The first-order valence-electron chi connectivity index (χ1n) is 6.53. The Hall–Kier alpha value is -1.83. The molecule has 0 saturated carbocycles. The molecule has 0 aliphatic carbocycles. The molecule has 1 heterocycles. The van der Waals surface area contributed by atoms with E-state index in [1.807, 2.05) is 0 Å². The fourth-order valence-corrected chi connectivity index (χ4v) is 1.76. The Bertz CT molecular complexity index is 488. The lowest BCUT2D eigenvalue weighted by molar-refractivity contribution is -0.0441. The highest BCUT2D eigenvalue weighted by Crippen LogP contribution is 2.31. The van der Waals surface area contributed by atoms with E-state index < -0.39 is 31.2 Å². The second-order valence-electron chi connectivity index (χ2n) is 4.91. The second-order valence-corrected chi connectivity index (χ2v) is 4.91. The summed E-state index contributed by atoms with van der Waals surface area (Å²) in [7, 11) is 0. The first-order chi connectivity index (χ1) is 10.1. The van der Waals surface area contributed by atoms with E-state index in [2.05, 4.69) is 0 Å². The van der Waals surface area contributed by atoms with Gasteiger partial charge in [0.25, 0.3) is 0 Å². The second kappa shape index (κ2) is 6.75. The third-order valence-corrected chi connectivity index (χ3v) is 3.29. The number of hydrogen-bond donors (Lipinski definition) is 3. The molecule has 1 aromatic carbocycles. The molecule has 7 nitrogen and oxygen atoms in total. The monoisotopic (exact) mass is 298 g/mol. The zero-order chi connectivity index (χ0) is 15.3. The molecule has 0 amide bonds. The van der Waals surface area contributed by atoms with Gasteiger partial charge in [0.15, 0.2) is 11.5 Å². The molecule has 0 saturated heterocycles. The average Bonchev–Trinajstić information content (AvgIpc) is 2.56. The van der Waals surface area contributed by atoms with Gasteiger partial charge in [0.1, 0.15) is 19.8 Å². The molecule has 3 N–H and O–H groups in total. The van der Waals surface area contributed by atoms with Gasteiger partial charge in [-0.3, -0.25) is 0 Å². The van der Waals surface area contributed by atoms with Crippen molar-refractivity contribution >= 4 is 5.97 Å². The van der Waals surface area contributed by atoms with Crippen LogP contribution in [0.5, 0.6) is 11.5 Å². The molecule has 2 rings (SSSR count). The zero-order valence-corrected chi connectivity index (χ0v) is 11.4. The Morgan fingerprint density at radius 2 is 1.71 bits per heavy atom. The molecular weight excluding hydrogens is 280 g/mol. The van der Waals surface area contributed by atoms with Crippen molar-refractivity contribution in [3.8, 4) is 11.5 Å². The van der Waals surface area contributed by atoms with Gasteiger partial charge in [0, 0.05) is 0 Å². The molecule has 0 bridgehead atoms. The van der Waals surface area contributed by atoms with Crippen LogP contribution in [0.1, 0.15) is 10.4 Å². The fourth-order valence-electron chi connectivity index (χ4n) is 1.76. The number of esters is 1. The molecule has 0 spiro atoms. The molecule has 7 heteroatoms. The number of ether oxygens (including phenoxy) is 3. The van der Waals surface area contributed by atoms with Crippen LogP contribution >= 0.6 is 0 Å². The predicted octanol–water partition coefficient (Wildman–Crippen LogP) is -0.422. The summed E-state index contributed by atoms with van der Waals surface area (Å²) in [6.45, 7) is -0.891. The van der Waals surface area contributed by atoms with Gasteiger partial charge in [-0.05, 0) is 18.2 Å². The Kier molecular flexibility index (Phi) is 5.00. The Morgan fingerprint density at radius 1 is 1.10 bits per heavy atom. The Balaban J connectivity index is 2.03. The van der Waals surface area contributed by atoms with Crippen molar-refractivity contribution in [2.45, 2.75) is 0 Å². The van der Waals surface area contributed by atoms with Gasteiger partial charge in [-0.1, -0.05) is 0 Å². The van der Waals surface area contributed by atoms with E-state index in [0.29, 0.717) is 24.7 Å². The van der Waals surface area contributed by atoms with E-state index in [-0.39, 0.29) is 12.2 Å². The van der Waals surface area contributed by atoms with E-state index in [0.717, 1.165) is 0 Å². The van der Waals surface area contributed by atoms with Crippen LogP contribution in [0, 0.1) is 5.41 Å². The standard InChI is InChI=1S/C14H18O7/c15-6-14(7-16,8-17)9-21-13(18)10-1-2-11-12(5-10)20-4-3-19-11/h1-2,5,15-17H,3-4,6-9H2. The molecule has 0 aromatic heterocycles. The molecule has 0 unspecified atom stereocenters. The topological polar surface area (TPSA) is 105 Å². The highest BCUT2D eigenvalue weighted by atomic mass is 16.6. The number of aliphatic hydroxyl groups is 3. The maximum absolute atomic E-state index is 12.0. The fraction of sp³-hybridized carbons (Fsp3) is 0.500. The van der Waals surface area contributed by atoms with Crippen molar-refractivity contribution in [3.05, 3.63) is 23.8 Å². The van der Waals surface area contributed by atoms with E-state index in [9.17, 15) is 20.1 Å². The first kappa shape index (κ1) is 15.6. The molecule has 0 atom stereocenters. The van der Waals surface area contributed by atoms with E-state index in [1.54, 1.807) is 6.07 Å². The third kappa shape index (κ3) is 3.44. The van der Waals surface area contributed by atoms with Crippen LogP contribution in [0.2, 0.25) is 0 Å². The maximum atomic E-state index is 12.0. The van der Waals surface area contributed by atoms with Crippen molar-refractivity contribution in [3.63, 3.8) is 0 Å². The van der Waals surface area contributed by atoms with Gasteiger partial charge in [0.2, 0.25) is 0 Å². The molecule has 0 radical (unpaired) electrons. The minimum atomic E-state index is -1.25. The number of carbonyl (C=O) groups is 1. The van der Waals surface area contributed by atoms with E-state index in [4.69, 9.17) is 14.2 Å². The van der Waals surface area contributed by atoms with Gasteiger partial charge >= 0.3 is 5.97 Å². The number of aliphatic hydroxyl groups excluding tert-OH is 3. The van der Waals surface area contributed by atoms with Crippen LogP contribution in [0.15, 0.2) is 18.2 Å². The highest BCUT2D eigenvalue weighted by Gasteiger charge is 2.30. The number of hydrogen-bond acceptors (Lipinski definition) is 7. The minimum absolute atomic E-state index is 0.266. The average molecular weight is 298 g/mol. The Morgan fingerprint density at radius 3 is 2.33 bits per heavy atom. The van der Waals surface area contributed by atoms with Crippen LogP contribution < -0.4 is 9.47 Å². The third-order valence-electron chi connectivity index (χ3n) is 3.29. The zero-order valence-electron chi connectivity index (χ0n) is 11.4. The molecule has 1 aliphatic heterocycles. The summed E-state index contributed by atoms with van der Waals surface area (Å²) in [5, 5.41) is 27.5. The summed E-state index contributed by atoms with van der Waals surface area (Å²) in [6, 6.07) is 4.66. The number of carbonyl (C=O) groups excluding carboxylic acids is 1. The van der Waals surface area contributed by atoms with Crippen molar-refractivity contribution in [1.29, 1.82) is 0 Å². The number of benzene rings is 1. The maximum Gasteiger partial charge on any atom is 0.338 e. The van der Waals surface area contributed by atoms with Crippen molar-refractivity contribution < 1.29 is 34.3 Å². The van der Waals surface area contributed by atoms with Gasteiger partial charge in [-0.2, -0.15) is 0 Å². The molecule has 21 heavy (non-hydrogen) atoms. The number of rotatable bonds is 6. The molecule has 116 valence electrons. The van der Waals surface area contributed by atoms with Crippen LogP contribution in [0.4, 0.5) is 0 Å². The summed E-state index contributed by atoms with van der Waals surface area (Å²) in [5.74, 6) is 0.397. The van der Waals surface area contributed by atoms with Gasteiger partial charge in [-0.15, -0.1) is 0 Å². The molecule has 0 fully saturated rings. The normalized spacial score (nSPS) is 13.9. The summed E-state index contributed by atoms with van der Waals surface area (Å²) < 4.78 is 15.8. The van der Waals surface area contributed by atoms with Crippen LogP contribution in [0.3, 0.4) is 0 Å². The molecule has 1 aliphatic rings. The summed E-state index contributed by atoms with van der Waals surface area (Å²) in [6.07, 6.45) is 0. The minimum Gasteiger partial charge on any atom is -0.486 e. The lowest BCUT2D eigenvalue weighted by Crippen LogP contribution is -2.39. The summed E-state index contributed by atoms with van der Waals surface area (Å²) >= 11 is 0. The van der Waals surface area contributed by atoms with Crippen molar-refractivity contribution in [1.82, 2.24) is 0 Å². The molecular formula is C14H18O7. The summed E-state index contributed by atoms with van der Waals surface area (Å²) in [4.78, 5) is 12.0. The smallest absolute Gasteiger partial charge is 0.338 e. The van der Waals surface area contributed by atoms with Gasteiger partial charge in [-0.25, -0.2) is 4.79 Å². The van der Waals surface area contributed by atoms with E-state index in [1.165, 1.54) is 12.1 Å². The largest absolute Gasteiger partial charge is 0.486 e. The van der Waals surface area contributed by atoms with Crippen molar-refractivity contribution in [2.75, 3.05) is 39.6 Å². The lowest BCUT2D eigenvalue weighted by atomic mass is 9.92. The van der Waals surface area contributed by atoms with Crippen LogP contribution in [-0.4, -0.2) is 60.9 Å². The van der Waals surface area contributed by atoms with Gasteiger partial charge in [0.05, 0.1) is 30.8 Å². The highest BCUT2D eigenvalue weighted by molar-refractivity contribution is 5.90. The van der Waals surface area contributed by atoms with Gasteiger partial charge < -0.3 is 29.5 Å². The van der Waals surface area contributed by atoms with Crippen molar-refractivity contribution in [2.24, 2.45) is 5.41 Å². The summed E-state index contributed by atoms with van der Waals surface area (Å²) in [5.41, 5.74) is -0.981. The number of fused-ring (bicyclic) bond motifs is 1. The predicted molar refractivity (Wildman–Crippen MR) is 71.4 cm³/mol. The Labute approximate surface area is 121 Å². The van der Waals surface area contributed by atoms with E-state index >= 15 is 0 Å².